The third kappa shape index (κ3) is 5.73. The average Bonchev–Trinajstić information content (AvgIpc) is 3.62. The number of hydrogen-bond donors (Lipinski definition) is 1. The van der Waals surface area contributed by atoms with Crippen LogP contribution in [0, 0.1) is 5.82 Å². The summed E-state index contributed by atoms with van der Waals surface area (Å²) in [6, 6.07) is 3.53. The number of nitrogens with zero attached hydrogens (tertiary/aromatic N) is 4. The van der Waals surface area contributed by atoms with E-state index in [4.69, 9.17) is 0 Å². The van der Waals surface area contributed by atoms with Crippen molar-refractivity contribution in [1.82, 2.24) is 19.6 Å². The van der Waals surface area contributed by atoms with Crippen molar-refractivity contribution in [3.05, 3.63) is 47.7 Å². The zero-order chi connectivity index (χ0) is 25.6. The zero-order valence-electron chi connectivity index (χ0n) is 20.3. The van der Waals surface area contributed by atoms with Crippen molar-refractivity contribution >= 4 is 21.7 Å². The molecule has 3 heterocycles. The number of alkyl halides is 1. The fraction of sp³-hybridized carbons (Fsp3) is 0.522. The van der Waals surface area contributed by atoms with Gasteiger partial charge in [0.2, 0.25) is 15.9 Å². The summed E-state index contributed by atoms with van der Waals surface area (Å²) in [7, 11) is -4.25. The number of carbonyl (C=O) groups excluding carboxylic acids is 1. The molecule has 9 nitrogen and oxygen atoms in total. The van der Waals surface area contributed by atoms with Crippen LogP contribution in [0.3, 0.4) is 0 Å². The second kappa shape index (κ2) is 11.5. The van der Waals surface area contributed by atoms with Crippen molar-refractivity contribution < 1.29 is 42.3 Å². The summed E-state index contributed by atoms with van der Waals surface area (Å²) in [5.41, 5.74) is 0.510. The molecule has 1 aromatic heterocycles. The minimum atomic E-state index is -4.25. The van der Waals surface area contributed by atoms with Gasteiger partial charge in [0.1, 0.15) is 35.8 Å². The molecule has 212 valence electrons. The molecule has 1 N–H and O–H groups in total. The molecule has 3 atom stereocenters. The number of hydrogen-bond acceptors (Lipinski definition) is 7. The monoisotopic (exact) mass is 567 g/mol. The van der Waals surface area contributed by atoms with Crippen LogP contribution in [0.15, 0.2) is 35.2 Å². The predicted octanol–water partition coefficient (Wildman–Crippen LogP) is 2.94. The second-order valence-corrected chi connectivity index (χ2v) is 11.3. The average molecular weight is 568 g/mol. The highest BCUT2D eigenvalue weighted by Gasteiger charge is 2.49. The maximum atomic E-state index is 14.6. The van der Waals surface area contributed by atoms with Gasteiger partial charge in [0, 0.05) is 19.8 Å². The lowest BCUT2D eigenvalue weighted by molar-refractivity contribution is -0.185. The number of nitrogens with one attached hydrogen (secondary N) is 1. The number of carbonyl (C=O) groups is 1. The lowest BCUT2D eigenvalue weighted by Crippen LogP contribution is -2.52. The maximum Gasteiger partial charge on any atom is 0.244 e. The van der Waals surface area contributed by atoms with Crippen molar-refractivity contribution in [2.75, 3.05) is 18.0 Å². The van der Waals surface area contributed by atoms with E-state index in [9.17, 15) is 26.5 Å². The van der Waals surface area contributed by atoms with Gasteiger partial charge < -0.3 is 10.2 Å². The number of halogens is 5. The molecule has 1 saturated carbocycles. The van der Waals surface area contributed by atoms with Crippen molar-refractivity contribution in [3.8, 4) is 0 Å². The van der Waals surface area contributed by atoms with E-state index in [1.54, 1.807) is 6.07 Å². The van der Waals surface area contributed by atoms with Crippen molar-refractivity contribution in [1.29, 1.82) is 0 Å². The summed E-state index contributed by atoms with van der Waals surface area (Å²) in [5.74, 6) is 0.203. The van der Waals surface area contributed by atoms with E-state index >= 15 is 0 Å². The Balaban J connectivity index is 0.00000178. The maximum absolute atomic E-state index is 14.6. The number of benzene rings is 1. The Bertz CT molecular complexity index is 1250. The van der Waals surface area contributed by atoms with Crippen LogP contribution >= 0.6 is 0 Å². The van der Waals surface area contributed by atoms with Crippen LogP contribution in [-0.2, 0) is 26.3 Å². The Morgan fingerprint density at radius 3 is 2.45 bits per heavy atom. The first-order valence-corrected chi connectivity index (χ1v) is 13.2. The van der Waals surface area contributed by atoms with E-state index < -0.39 is 46.1 Å². The fourth-order valence-electron chi connectivity index (χ4n) is 4.55. The van der Waals surface area contributed by atoms with Gasteiger partial charge in [-0.15, -0.1) is 0 Å². The van der Waals surface area contributed by atoms with Gasteiger partial charge in [-0.25, -0.2) is 27.2 Å². The van der Waals surface area contributed by atoms with E-state index in [2.05, 4.69) is 20.2 Å². The van der Waals surface area contributed by atoms with Gasteiger partial charge in [-0.3, -0.25) is 14.2 Å². The molecule has 1 aromatic carbocycles. The largest absolute Gasteiger partial charge is 0.351 e. The van der Waals surface area contributed by atoms with Crippen LogP contribution < -0.4 is 10.2 Å². The lowest BCUT2D eigenvalue weighted by atomic mass is 10.1. The van der Waals surface area contributed by atoms with E-state index in [0.717, 1.165) is 41.4 Å². The molecule has 3 aliphatic rings. The molecule has 5 rings (SSSR count). The van der Waals surface area contributed by atoms with Gasteiger partial charge in [0.25, 0.3) is 0 Å². The van der Waals surface area contributed by atoms with Gasteiger partial charge >= 0.3 is 0 Å². The van der Waals surface area contributed by atoms with Gasteiger partial charge in [-0.2, -0.15) is 9.25 Å². The standard InChI is InChI=1S/C23H26F3N5O4S.2FH.H2/c1-13-19(25)9-20(31(13)36(33,34)18-6-4-15(24)5-7-18)23(32)27-10-16-8-21(30-11-17(12-30)35-26)29-22(28-16)14-2-3-14;;;/h4-8,13-14,17,19-20H,2-3,9-12H2,1H3,(H,27,32);3*1H/t13-,19+,20-;;;/m0.../s1. The van der Waals surface area contributed by atoms with Gasteiger partial charge in [-0.1, -0.05) is 0 Å². The topological polar surface area (TPSA) is 105 Å². The van der Waals surface area contributed by atoms with Crippen LogP contribution in [0.1, 0.15) is 45.0 Å². The van der Waals surface area contributed by atoms with Crippen molar-refractivity contribution in [2.45, 2.75) is 67.9 Å². The third-order valence-electron chi connectivity index (χ3n) is 6.84. The highest BCUT2D eigenvalue weighted by Crippen LogP contribution is 2.39. The summed E-state index contributed by atoms with van der Waals surface area (Å²) in [4.78, 5) is 27.6. The molecule has 0 spiro atoms. The van der Waals surface area contributed by atoms with Crippen molar-refractivity contribution in [2.24, 2.45) is 0 Å². The fourth-order valence-corrected chi connectivity index (χ4v) is 6.36. The first-order valence-electron chi connectivity index (χ1n) is 11.8. The summed E-state index contributed by atoms with van der Waals surface area (Å²) >= 11 is 0. The number of anilines is 1. The molecule has 15 heteroatoms. The predicted molar refractivity (Wildman–Crippen MR) is 129 cm³/mol. The summed E-state index contributed by atoms with van der Waals surface area (Å²) in [6.45, 7) is 2.07. The Morgan fingerprint density at radius 1 is 1.18 bits per heavy atom. The normalized spacial score (nSPS) is 23.8. The highest BCUT2D eigenvalue weighted by molar-refractivity contribution is 7.89. The molecular weight excluding hydrogens is 537 g/mol. The molecule has 1 aliphatic carbocycles. The first kappa shape index (κ1) is 29.6. The van der Waals surface area contributed by atoms with E-state index in [-0.39, 0.29) is 34.6 Å². The molecule has 38 heavy (non-hydrogen) atoms. The molecule has 1 amide bonds. The summed E-state index contributed by atoms with van der Waals surface area (Å²) < 4.78 is 67.6. The minimum Gasteiger partial charge on any atom is -0.351 e. The van der Waals surface area contributed by atoms with Crippen LogP contribution in [0.4, 0.5) is 28.5 Å². The molecule has 0 radical (unpaired) electrons. The number of aromatic nitrogens is 2. The molecule has 2 aromatic rings. The Kier molecular flexibility index (Phi) is 8.93. The lowest BCUT2D eigenvalue weighted by Gasteiger charge is -2.37. The molecule has 3 fully saturated rings. The summed E-state index contributed by atoms with van der Waals surface area (Å²) in [6.07, 6.45) is -0.438. The highest BCUT2D eigenvalue weighted by atomic mass is 32.2. The van der Waals surface area contributed by atoms with E-state index in [0.29, 0.717) is 30.4 Å². The van der Waals surface area contributed by atoms with Gasteiger partial charge in [-0.05, 0) is 48.6 Å². The number of rotatable bonds is 8. The second-order valence-electron chi connectivity index (χ2n) is 9.48. The van der Waals surface area contributed by atoms with Crippen LogP contribution in [0.2, 0.25) is 0 Å². The molecule has 2 aliphatic heterocycles. The van der Waals surface area contributed by atoms with E-state index in [1.165, 1.54) is 6.92 Å². The Morgan fingerprint density at radius 2 is 1.84 bits per heavy atom. The van der Waals surface area contributed by atoms with Crippen LogP contribution in [0.5, 0.6) is 0 Å². The molecule has 0 bridgehead atoms. The minimum absolute atomic E-state index is 0. The number of amides is 1. The van der Waals surface area contributed by atoms with Gasteiger partial charge in [0.15, 0.2) is 0 Å². The Hall–Kier alpha value is -2.91. The van der Waals surface area contributed by atoms with Crippen molar-refractivity contribution in [3.63, 3.8) is 0 Å². The summed E-state index contributed by atoms with van der Waals surface area (Å²) in [5, 5.41) is 2.69. The van der Waals surface area contributed by atoms with Gasteiger partial charge in [0.05, 0.1) is 36.3 Å². The Labute approximate surface area is 217 Å². The quantitative estimate of drug-likeness (QED) is 0.489. The molecule has 0 unspecified atom stereocenters. The van der Waals surface area contributed by atoms with Crippen LogP contribution in [0.25, 0.3) is 0 Å². The smallest absolute Gasteiger partial charge is 0.244 e. The third-order valence-corrected chi connectivity index (χ3v) is 8.85. The number of sulfonamides is 1. The first-order chi connectivity index (χ1) is 17.2. The van der Waals surface area contributed by atoms with Crippen LogP contribution in [-0.4, -0.2) is 66.0 Å². The van der Waals surface area contributed by atoms with E-state index in [1.807, 2.05) is 4.90 Å². The molecular formula is C23H30F5N5O4S. The zero-order valence-corrected chi connectivity index (χ0v) is 21.1. The SMILES string of the molecule is C[C@H]1[C@H](F)C[C@@H](C(=O)NCc2cc(N3CC(OF)C3)nc(C3CC3)n2)N1S(=O)(=O)c1ccc(F)cc1.F.F.[HH]. The molecule has 2 saturated heterocycles.